The molecule has 18 heavy (non-hydrogen) atoms. The van der Waals surface area contributed by atoms with Gasteiger partial charge in [-0.1, -0.05) is 6.07 Å². The number of amides is 1. The minimum atomic E-state index is -0.161. The number of carbonyl (C=O) groups excluding carboxylic acids is 1. The van der Waals surface area contributed by atoms with Gasteiger partial charge in [-0.3, -0.25) is 4.79 Å². The molecule has 0 unspecified atom stereocenters. The molecule has 2 atom stereocenters. The van der Waals surface area contributed by atoms with Crippen molar-refractivity contribution < 1.29 is 14.3 Å². The van der Waals surface area contributed by atoms with Gasteiger partial charge >= 0.3 is 0 Å². The van der Waals surface area contributed by atoms with Crippen LogP contribution in [0.25, 0.3) is 0 Å². The van der Waals surface area contributed by atoms with Gasteiger partial charge in [-0.2, -0.15) is 0 Å². The Bertz CT molecular complexity index is 448. The minimum absolute atomic E-state index is 0.0384. The van der Waals surface area contributed by atoms with Crippen molar-refractivity contribution in [2.24, 2.45) is 5.73 Å². The van der Waals surface area contributed by atoms with Crippen LogP contribution in [0.3, 0.4) is 0 Å². The molecule has 5 nitrogen and oxygen atoms in total. The van der Waals surface area contributed by atoms with Crippen molar-refractivity contribution in [2.45, 2.75) is 24.9 Å². The van der Waals surface area contributed by atoms with E-state index in [1.807, 2.05) is 18.2 Å². The molecular formula is C13H18N2O3. The lowest BCUT2D eigenvalue weighted by Gasteiger charge is -2.30. The maximum absolute atomic E-state index is 11.4. The zero-order valence-corrected chi connectivity index (χ0v) is 10.6. The third-order valence-electron chi connectivity index (χ3n) is 3.22. The van der Waals surface area contributed by atoms with E-state index in [0.29, 0.717) is 24.3 Å². The van der Waals surface area contributed by atoms with E-state index in [2.05, 4.69) is 5.32 Å². The average molecular weight is 250 g/mol. The van der Waals surface area contributed by atoms with Crippen molar-refractivity contribution in [3.63, 3.8) is 0 Å². The Morgan fingerprint density at radius 2 is 2.00 bits per heavy atom. The molecule has 0 aromatic heterocycles. The molecule has 5 heteroatoms. The van der Waals surface area contributed by atoms with E-state index in [-0.39, 0.29) is 18.0 Å². The Kier molecular flexibility index (Phi) is 3.72. The summed E-state index contributed by atoms with van der Waals surface area (Å²) < 4.78 is 10.4. The molecule has 1 saturated heterocycles. The second kappa shape index (κ2) is 5.27. The normalized spacial score (nSPS) is 23.4. The van der Waals surface area contributed by atoms with Crippen molar-refractivity contribution in [3.8, 4) is 11.5 Å². The molecule has 2 rings (SSSR count). The average Bonchev–Trinajstić information content (AvgIpc) is 2.40. The van der Waals surface area contributed by atoms with Gasteiger partial charge in [0, 0.05) is 12.5 Å². The highest BCUT2D eigenvalue weighted by atomic mass is 16.5. The van der Waals surface area contributed by atoms with Gasteiger partial charge in [0.05, 0.1) is 20.3 Å². The number of ether oxygens (including phenoxy) is 2. The molecule has 0 aliphatic carbocycles. The summed E-state index contributed by atoms with van der Waals surface area (Å²) in [5.41, 5.74) is 6.99. The zero-order valence-electron chi connectivity index (χ0n) is 10.6. The molecule has 1 aliphatic heterocycles. The molecule has 3 N–H and O–H groups in total. The van der Waals surface area contributed by atoms with E-state index in [9.17, 15) is 4.79 Å². The molecule has 0 saturated carbocycles. The fourth-order valence-electron chi connectivity index (χ4n) is 2.19. The maximum Gasteiger partial charge on any atom is 0.220 e. The molecule has 1 fully saturated rings. The molecule has 1 heterocycles. The Labute approximate surface area is 106 Å². The molecule has 0 bridgehead atoms. The first-order chi connectivity index (χ1) is 8.65. The van der Waals surface area contributed by atoms with Crippen LogP contribution in [0.4, 0.5) is 0 Å². The number of hydrogen-bond donors (Lipinski definition) is 2. The number of rotatable bonds is 3. The monoisotopic (exact) mass is 250 g/mol. The standard InChI is InChI=1S/C13H18N2O3/c1-17-10-5-3-8(7-11(10)18-2)13-9(14)4-6-12(16)15-13/h3,5,7,9,13H,4,6,14H2,1-2H3,(H,15,16)/t9-,13+/m1/s1. The number of methoxy groups -OCH3 is 2. The zero-order chi connectivity index (χ0) is 13.1. The van der Waals surface area contributed by atoms with Crippen molar-refractivity contribution in [1.29, 1.82) is 0 Å². The summed E-state index contributed by atoms with van der Waals surface area (Å²) in [4.78, 5) is 11.4. The van der Waals surface area contributed by atoms with Crippen LogP contribution in [-0.4, -0.2) is 26.2 Å². The van der Waals surface area contributed by atoms with Crippen LogP contribution in [0.2, 0.25) is 0 Å². The summed E-state index contributed by atoms with van der Waals surface area (Å²) in [6.45, 7) is 0. The number of benzene rings is 1. The van der Waals surface area contributed by atoms with Crippen molar-refractivity contribution in [1.82, 2.24) is 5.32 Å². The predicted molar refractivity (Wildman–Crippen MR) is 67.6 cm³/mol. The molecule has 1 amide bonds. The lowest BCUT2D eigenvalue weighted by molar-refractivity contribution is -0.123. The fourth-order valence-corrected chi connectivity index (χ4v) is 2.19. The largest absolute Gasteiger partial charge is 0.493 e. The number of nitrogens with one attached hydrogen (secondary N) is 1. The third-order valence-corrected chi connectivity index (χ3v) is 3.22. The second-order valence-electron chi connectivity index (χ2n) is 4.36. The van der Waals surface area contributed by atoms with E-state index in [1.165, 1.54) is 0 Å². The van der Waals surface area contributed by atoms with E-state index in [1.54, 1.807) is 14.2 Å². The number of hydrogen-bond acceptors (Lipinski definition) is 4. The summed E-state index contributed by atoms with van der Waals surface area (Å²) >= 11 is 0. The van der Waals surface area contributed by atoms with Gasteiger partial charge < -0.3 is 20.5 Å². The predicted octanol–water partition coefficient (Wildman–Crippen LogP) is 0.982. The smallest absolute Gasteiger partial charge is 0.220 e. The lowest BCUT2D eigenvalue weighted by Crippen LogP contribution is -2.45. The number of nitrogens with two attached hydrogens (primary N) is 1. The Hall–Kier alpha value is -1.75. The van der Waals surface area contributed by atoms with Crippen LogP contribution >= 0.6 is 0 Å². The maximum atomic E-state index is 11.4. The second-order valence-corrected chi connectivity index (χ2v) is 4.36. The van der Waals surface area contributed by atoms with E-state index >= 15 is 0 Å². The summed E-state index contributed by atoms with van der Waals surface area (Å²) in [6, 6.07) is 5.35. The first kappa shape index (κ1) is 12.7. The highest BCUT2D eigenvalue weighted by Crippen LogP contribution is 2.32. The van der Waals surface area contributed by atoms with Crippen molar-refractivity contribution in [3.05, 3.63) is 23.8 Å². The summed E-state index contributed by atoms with van der Waals surface area (Å²) in [7, 11) is 3.17. The highest BCUT2D eigenvalue weighted by Gasteiger charge is 2.27. The Morgan fingerprint density at radius 1 is 1.28 bits per heavy atom. The van der Waals surface area contributed by atoms with Crippen LogP contribution in [0.5, 0.6) is 11.5 Å². The molecule has 1 aromatic rings. The first-order valence-corrected chi connectivity index (χ1v) is 5.92. The van der Waals surface area contributed by atoms with Gasteiger partial charge in [0.2, 0.25) is 5.91 Å². The topological polar surface area (TPSA) is 73.6 Å². The van der Waals surface area contributed by atoms with E-state index in [0.717, 1.165) is 5.56 Å². The van der Waals surface area contributed by atoms with Gasteiger partial charge in [0.25, 0.3) is 0 Å². The van der Waals surface area contributed by atoms with Gasteiger partial charge in [0.15, 0.2) is 11.5 Å². The van der Waals surface area contributed by atoms with Crippen molar-refractivity contribution in [2.75, 3.05) is 14.2 Å². The SMILES string of the molecule is COc1ccc([C@@H]2NC(=O)CC[C@H]2N)cc1OC. The van der Waals surface area contributed by atoms with Gasteiger partial charge in [-0.15, -0.1) is 0 Å². The Morgan fingerprint density at radius 3 is 2.67 bits per heavy atom. The summed E-state index contributed by atoms with van der Waals surface area (Å²) in [6.07, 6.45) is 1.19. The van der Waals surface area contributed by atoms with Crippen LogP contribution < -0.4 is 20.5 Å². The van der Waals surface area contributed by atoms with Gasteiger partial charge in [0.1, 0.15) is 0 Å². The molecule has 1 aromatic carbocycles. The molecule has 0 radical (unpaired) electrons. The van der Waals surface area contributed by atoms with Crippen LogP contribution in [-0.2, 0) is 4.79 Å². The molecule has 0 spiro atoms. The number of carbonyl (C=O) groups is 1. The van der Waals surface area contributed by atoms with E-state index < -0.39 is 0 Å². The van der Waals surface area contributed by atoms with Gasteiger partial charge in [-0.05, 0) is 24.1 Å². The summed E-state index contributed by atoms with van der Waals surface area (Å²) in [5.74, 6) is 1.34. The quantitative estimate of drug-likeness (QED) is 0.838. The van der Waals surface area contributed by atoms with Crippen LogP contribution in [0.15, 0.2) is 18.2 Å². The lowest BCUT2D eigenvalue weighted by atomic mass is 9.92. The third kappa shape index (κ3) is 2.41. The first-order valence-electron chi connectivity index (χ1n) is 5.92. The minimum Gasteiger partial charge on any atom is -0.493 e. The molecule has 1 aliphatic rings. The molecular weight excluding hydrogens is 232 g/mol. The fraction of sp³-hybridized carbons (Fsp3) is 0.462. The van der Waals surface area contributed by atoms with Crippen LogP contribution in [0.1, 0.15) is 24.4 Å². The van der Waals surface area contributed by atoms with Crippen molar-refractivity contribution >= 4 is 5.91 Å². The highest BCUT2D eigenvalue weighted by molar-refractivity contribution is 5.77. The van der Waals surface area contributed by atoms with Gasteiger partial charge in [-0.25, -0.2) is 0 Å². The van der Waals surface area contributed by atoms with E-state index in [4.69, 9.17) is 15.2 Å². The Balaban J connectivity index is 2.29. The molecule has 98 valence electrons. The summed E-state index contributed by atoms with van der Waals surface area (Å²) in [5, 5.41) is 2.91. The number of piperidine rings is 1. The van der Waals surface area contributed by atoms with Crippen LogP contribution in [0, 0.1) is 0 Å².